The molecule has 0 N–H and O–H groups in total. The molecular weight excluding hydrogens is 248 g/mol. The zero-order valence-electron chi connectivity index (χ0n) is 12.0. The van der Waals surface area contributed by atoms with E-state index in [0.29, 0.717) is 0 Å². The van der Waals surface area contributed by atoms with Crippen LogP contribution >= 0.6 is 0 Å². The van der Waals surface area contributed by atoms with Crippen molar-refractivity contribution in [3.8, 4) is 0 Å². The first-order valence-corrected chi connectivity index (χ1v) is 6.70. The SMILES string of the molecule is COC1(OC)C(c2ccc(C)cc2)=Cc2ccccc21. The Hall–Kier alpha value is -1.90. The summed E-state index contributed by atoms with van der Waals surface area (Å²) in [5, 5.41) is 0. The number of hydrogen-bond donors (Lipinski definition) is 0. The van der Waals surface area contributed by atoms with E-state index in [9.17, 15) is 0 Å². The molecule has 0 atom stereocenters. The molecule has 0 heterocycles. The van der Waals surface area contributed by atoms with Crippen molar-refractivity contribution in [3.63, 3.8) is 0 Å². The normalized spacial score (nSPS) is 15.8. The van der Waals surface area contributed by atoms with Crippen molar-refractivity contribution in [2.45, 2.75) is 12.7 Å². The molecular formula is C18H18O2. The van der Waals surface area contributed by atoms with Gasteiger partial charge in [0.05, 0.1) is 0 Å². The molecule has 0 saturated carbocycles. The number of fused-ring (bicyclic) bond motifs is 1. The van der Waals surface area contributed by atoms with Gasteiger partial charge in [-0.2, -0.15) is 0 Å². The highest BCUT2D eigenvalue weighted by atomic mass is 16.7. The van der Waals surface area contributed by atoms with Crippen LogP contribution in [0.4, 0.5) is 0 Å². The van der Waals surface area contributed by atoms with Crippen molar-refractivity contribution in [2.24, 2.45) is 0 Å². The van der Waals surface area contributed by atoms with E-state index in [1.807, 2.05) is 12.1 Å². The van der Waals surface area contributed by atoms with Crippen LogP contribution in [-0.2, 0) is 15.3 Å². The first kappa shape index (κ1) is 13.1. The maximum atomic E-state index is 5.78. The molecule has 0 saturated heterocycles. The molecule has 0 unspecified atom stereocenters. The lowest BCUT2D eigenvalue weighted by atomic mass is 9.96. The molecule has 3 rings (SSSR count). The van der Waals surface area contributed by atoms with Gasteiger partial charge < -0.3 is 9.47 Å². The quantitative estimate of drug-likeness (QED) is 0.782. The Kier molecular flexibility index (Phi) is 3.20. The monoisotopic (exact) mass is 266 g/mol. The largest absolute Gasteiger partial charge is 0.346 e. The Balaban J connectivity index is 2.18. The van der Waals surface area contributed by atoms with Gasteiger partial charge in [0, 0.05) is 25.4 Å². The molecule has 0 radical (unpaired) electrons. The second-order valence-corrected chi connectivity index (χ2v) is 5.04. The topological polar surface area (TPSA) is 18.5 Å². The Morgan fingerprint density at radius 2 is 1.50 bits per heavy atom. The summed E-state index contributed by atoms with van der Waals surface area (Å²) in [6.07, 6.45) is 2.15. The highest BCUT2D eigenvalue weighted by Crippen LogP contribution is 2.47. The number of benzene rings is 2. The van der Waals surface area contributed by atoms with Crippen molar-refractivity contribution < 1.29 is 9.47 Å². The predicted octanol–water partition coefficient (Wildman–Crippen LogP) is 3.99. The van der Waals surface area contributed by atoms with Gasteiger partial charge in [-0.3, -0.25) is 0 Å². The lowest BCUT2D eigenvalue weighted by Gasteiger charge is -2.31. The molecule has 102 valence electrons. The molecule has 20 heavy (non-hydrogen) atoms. The molecule has 0 fully saturated rings. The van der Waals surface area contributed by atoms with Crippen LogP contribution < -0.4 is 0 Å². The van der Waals surface area contributed by atoms with Crippen LogP contribution in [0.3, 0.4) is 0 Å². The molecule has 0 amide bonds. The van der Waals surface area contributed by atoms with Gasteiger partial charge in [-0.05, 0) is 24.1 Å². The predicted molar refractivity (Wildman–Crippen MR) is 81.2 cm³/mol. The van der Waals surface area contributed by atoms with Crippen molar-refractivity contribution >= 4 is 11.6 Å². The lowest BCUT2D eigenvalue weighted by Crippen LogP contribution is -2.30. The lowest BCUT2D eigenvalue weighted by molar-refractivity contribution is -0.167. The van der Waals surface area contributed by atoms with E-state index < -0.39 is 5.79 Å². The molecule has 0 spiro atoms. The summed E-state index contributed by atoms with van der Waals surface area (Å²) < 4.78 is 11.6. The molecule has 0 bridgehead atoms. The number of hydrogen-bond acceptors (Lipinski definition) is 2. The summed E-state index contributed by atoms with van der Waals surface area (Å²) >= 11 is 0. The smallest absolute Gasteiger partial charge is 0.223 e. The molecule has 2 nitrogen and oxygen atoms in total. The average molecular weight is 266 g/mol. The molecule has 2 aromatic carbocycles. The number of aryl methyl sites for hydroxylation is 1. The van der Waals surface area contributed by atoms with E-state index in [1.54, 1.807) is 14.2 Å². The van der Waals surface area contributed by atoms with Gasteiger partial charge >= 0.3 is 0 Å². The van der Waals surface area contributed by atoms with Gasteiger partial charge in [0.1, 0.15) is 0 Å². The first-order chi connectivity index (χ1) is 9.71. The van der Waals surface area contributed by atoms with Crippen molar-refractivity contribution in [3.05, 3.63) is 70.8 Å². The number of methoxy groups -OCH3 is 2. The Morgan fingerprint density at radius 1 is 0.850 bits per heavy atom. The van der Waals surface area contributed by atoms with Gasteiger partial charge in [0.15, 0.2) is 0 Å². The zero-order valence-corrected chi connectivity index (χ0v) is 12.0. The average Bonchev–Trinajstić information content (AvgIpc) is 2.83. The van der Waals surface area contributed by atoms with E-state index in [-0.39, 0.29) is 0 Å². The fourth-order valence-electron chi connectivity index (χ4n) is 2.85. The minimum absolute atomic E-state index is 0.814. The third kappa shape index (κ3) is 1.80. The summed E-state index contributed by atoms with van der Waals surface area (Å²) in [6, 6.07) is 16.6. The number of rotatable bonds is 3. The maximum Gasteiger partial charge on any atom is 0.223 e. The van der Waals surface area contributed by atoms with E-state index in [2.05, 4.69) is 49.4 Å². The summed E-state index contributed by atoms with van der Waals surface area (Å²) in [5.74, 6) is -0.814. The van der Waals surface area contributed by atoms with Gasteiger partial charge in [-0.25, -0.2) is 0 Å². The third-order valence-electron chi connectivity index (χ3n) is 3.91. The Labute approximate surface area is 119 Å². The summed E-state index contributed by atoms with van der Waals surface area (Å²) in [7, 11) is 3.38. The van der Waals surface area contributed by atoms with Crippen LogP contribution in [0.5, 0.6) is 0 Å². The second-order valence-electron chi connectivity index (χ2n) is 5.04. The molecule has 0 aromatic heterocycles. The fraction of sp³-hybridized carbons (Fsp3) is 0.222. The first-order valence-electron chi connectivity index (χ1n) is 6.70. The van der Waals surface area contributed by atoms with E-state index in [0.717, 1.165) is 22.3 Å². The van der Waals surface area contributed by atoms with Crippen molar-refractivity contribution in [1.29, 1.82) is 0 Å². The van der Waals surface area contributed by atoms with Crippen LogP contribution in [0.1, 0.15) is 22.3 Å². The maximum absolute atomic E-state index is 5.78. The molecule has 0 aliphatic heterocycles. The zero-order chi connectivity index (χ0) is 14.2. The summed E-state index contributed by atoms with van der Waals surface area (Å²) in [5.41, 5.74) is 5.61. The van der Waals surface area contributed by atoms with E-state index in [1.165, 1.54) is 5.56 Å². The van der Waals surface area contributed by atoms with E-state index in [4.69, 9.17) is 9.47 Å². The standard InChI is InChI=1S/C18H18O2/c1-13-8-10-14(11-9-13)17-12-15-6-4-5-7-16(15)18(17,19-2)20-3/h4-12H,1-3H3. The number of ether oxygens (including phenoxy) is 2. The van der Waals surface area contributed by atoms with Gasteiger partial charge in [0.2, 0.25) is 5.79 Å². The highest BCUT2D eigenvalue weighted by molar-refractivity contribution is 5.92. The highest BCUT2D eigenvalue weighted by Gasteiger charge is 2.42. The third-order valence-corrected chi connectivity index (χ3v) is 3.91. The van der Waals surface area contributed by atoms with Crippen LogP contribution in [-0.4, -0.2) is 14.2 Å². The molecule has 2 heteroatoms. The van der Waals surface area contributed by atoms with Crippen LogP contribution in [0.2, 0.25) is 0 Å². The van der Waals surface area contributed by atoms with Crippen LogP contribution in [0, 0.1) is 6.92 Å². The minimum Gasteiger partial charge on any atom is -0.346 e. The molecule has 1 aliphatic rings. The fourth-order valence-corrected chi connectivity index (χ4v) is 2.85. The summed E-state index contributed by atoms with van der Waals surface area (Å²) in [6.45, 7) is 2.08. The summed E-state index contributed by atoms with van der Waals surface area (Å²) in [4.78, 5) is 0. The Bertz CT molecular complexity index is 649. The minimum atomic E-state index is -0.814. The second kappa shape index (κ2) is 4.89. The molecule has 2 aromatic rings. The van der Waals surface area contributed by atoms with Crippen molar-refractivity contribution in [1.82, 2.24) is 0 Å². The van der Waals surface area contributed by atoms with Crippen LogP contribution in [0.15, 0.2) is 48.5 Å². The van der Waals surface area contributed by atoms with E-state index >= 15 is 0 Å². The van der Waals surface area contributed by atoms with Gasteiger partial charge in [-0.15, -0.1) is 0 Å². The molecule has 1 aliphatic carbocycles. The van der Waals surface area contributed by atoms with Crippen LogP contribution in [0.25, 0.3) is 11.6 Å². The van der Waals surface area contributed by atoms with Gasteiger partial charge in [-0.1, -0.05) is 54.1 Å². The van der Waals surface area contributed by atoms with Crippen molar-refractivity contribution in [2.75, 3.05) is 14.2 Å². The Morgan fingerprint density at radius 3 is 2.15 bits per heavy atom. The van der Waals surface area contributed by atoms with Gasteiger partial charge in [0.25, 0.3) is 0 Å².